The molecule has 3 N–H and O–H groups in total. The third kappa shape index (κ3) is 5.98. The SMILES string of the molecule is CS(=O)(=O)Nc1ccc(-c2cc(C(=O)N[C@@H]3CCCC[C@H]3O)cnc2OCC2CC2)cc1. The van der Waals surface area contributed by atoms with E-state index in [9.17, 15) is 18.3 Å². The van der Waals surface area contributed by atoms with Crippen molar-refractivity contribution in [2.45, 2.75) is 50.7 Å². The summed E-state index contributed by atoms with van der Waals surface area (Å²) in [6, 6.07) is 8.33. The molecule has 0 saturated heterocycles. The summed E-state index contributed by atoms with van der Waals surface area (Å²) in [5.74, 6) is 0.700. The second kappa shape index (κ2) is 9.46. The van der Waals surface area contributed by atoms with Gasteiger partial charge in [-0.3, -0.25) is 9.52 Å². The van der Waals surface area contributed by atoms with Gasteiger partial charge in [-0.25, -0.2) is 13.4 Å². The van der Waals surface area contributed by atoms with Crippen LogP contribution < -0.4 is 14.8 Å². The number of benzene rings is 1. The van der Waals surface area contributed by atoms with Crippen LogP contribution in [0, 0.1) is 5.92 Å². The Morgan fingerprint density at radius 2 is 1.88 bits per heavy atom. The molecule has 172 valence electrons. The summed E-state index contributed by atoms with van der Waals surface area (Å²) >= 11 is 0. The summed E-state index contributed by atoms with van der Waals surface area (Å²) in [5.41, 5.74) is 2.25. The minimum absolute atomic E-state index is 0.258. The number of aromatic nitrogens is 1. The van der Waals surface area contributed by atoms with E-state index in [1.165, 1.54) is 6.20 Å². The first-order valence-electron chi connectivity index (χ1n) is 11.0. The highest BCUT2D eigenvalue weighted by atomic mass is 32.2. The molecule has 32 heavy (non-hydrogen) atoms. The number of pyridine rings is 1. The van der Waals surface area contributed by atoms with E-state index < -0.39 is 16.1 Å². The first kappa shape index (κ1) is 22.5. The highest BCUT2D eigenvalue weighted by molar-refractivity contribution is 7.92. The Labute approximate surface area is 188 Å². The van der Waals surface area contributed by atoms with Gasteiger partial charge in [0.25, 0.3) is 5.91 Å². The van der Waals surface area contributed by atoms with Gasteiger partial charge in [0.1, 0.15) is 0 Å². The fraction of sp³-hybridized carbons (Fsp3) is 0.478. The van der Waals surface area contributed by atoms with Crippen LogP contribution in [0.1, 0.15) is 48.9 Å². The third-order valence-electron chi connectivity index (χ3n) is 5.81. The molecule has 2 saturated carbocycles. The van der Waals surface area contributed by atoms with E-state index in [0.29, 0.717) is 41.6 Å². The minimum atomic E-state index is -3.37. The molecule has 2 aliphatic rings. The topological polar surface area (TPSA) is 118 Å². The Morgan fingerprint density at radius 1 is 1.16 bits per heavy atom. The number of aliphatic hydroxyl groups is 1. The summed E-state index contributed by atoms with van der Waals surface area (Å²) in [7, 11) is -3.37. The van der Waals surface area contributed by atoms with Crippen molar-refractivity contribution in [3.05, 3.63) is 42.1 Å². The van der Waals surface area contributed by atoms with E-state index in [1.807, 2.05) is 0 Å². The van der Waals surface area contributed by atoms with Crippen molar-refractivity contribution in [3.8, 4) is 17.0 Å². The number of amides is 1. The van der Waals surface area contributed by atoms with E-state index in [4.69, 9.17) is 4.74 Å². The molecule has 8 nitrogen and oxygen atoms in total. The first-order chi connectivity index (χ1) is 15.3. The Bertz CT molecular complexity index is 1070. The Morgan fingerprint density at radius 3 is 2.53 bits per heavy atom. The predicted octanol–water partition coefficient (Wildman–Crippen LogP) is 2.94. The second-order valence-corrected chi connectivity index (χ2v) is 10.5. The van der Waals surface area contributed by atoms with Gasteiger partial charge < -0.3 is 15.2 Å². The number of hydrogen-bond acceptors (Lipinski definition) is 6. The highest BCUT2D eigenvalue weighted by Crippen LogP contribution is 2.34. The average Bonchev–Trinajstić information content (AvgIpc) is 3.58. The summed E-state index contributed by atoms with van der Waals surface area (Å²) in [5, 5.41) is 13.1. The van der Waals surface area contributed by atoms with Crippen molar-refractivity contribution in [2.24, 2.45) is 5.92 Å². The second-order valence-electron chi connectivity index (χ2n) is 8.71. The Hall–Kier alpha value is -2.65. The van der Waals surface area contributed by atoms with Crippen LogP contribution in [0.2, 0.25) is 0 Å². The quantitative estimate of drug-likeness (QED) is 0.559. The van der Waals surface area contributed by atoms with Crippen LogP contribution in [0.3, 0.4) is 0 Å². The molecule has 9 heteroatoms. The molecular weight excluding hydrogens is 430 g/mol. The number of rotatable bonds is 8. The maximum absolute atomic E-state index is 12.9. The molecule has 1 heterocycles. The van der Waals surface area contributed by atoms with Crippen molar-refractivity contribution in [2.75, 3.05) is 17.6 Å². The van der Waals surface area contributed by atoms with Crippen molar-refractivity contribution in [3.63, 3.8) is 0 Å². The molecule has 0 radical (unpaired) electrons. The zero-order chi connectivity index (χ0) is 22.7. The van der Waals surface area contributed by atoms with Gasteiger partial charge in [-0.2, -0.15) is 0 Å². The van der Waals surface area contributed by atoms with Crippen molar-refractivity contribution < 1.29 is 23.1 Å². The number of aliphatic hydroxyl groups excluding tert-OH is 1. The van der Waals surface area contributed by atoms with Crippen LogP contribution in [-0.2, 0) is 10.0 Å². The van der Waals surface area contributed by atoms with Crippen LogP contribution in [0.5, 0.6) is 5.88 Å². The largest absolute Gasteiger partial charge is 0.477 e. The van der Waals surface area contributed by atoms with Crippen molar-refractivity contribution in [1.29, 1.82) is 0 Å². The molecule has 1 aromatic carbocycles. The zero-order valence-corrected chi connectivity index (χ0v) is 18.9. The van der Waals surface area contributed by atoms with Crippen LogP contribution in [0.4, 0.5) is 5.69 Å². The lowest BCUT2D eigenvalue weighted by Crippen LogP contribution is -2.45. The molecule has 4 rings (SSSR count). The lowest BCUT2D eigenvalue weighted by molar-refractivity contribution is 0.0717. The van der Waals surface area contributed by atoms with Gasteiger partial charge in [-0.15, -0.1) is 0 Å². The average molecular weight is 460 g/mol. The van der Waals surface area contributed by atoms with Gasteiger partial charge in [-0.1, -0.05) is 25.0 Å². The van der Waals surface area contributed by atoms with E-state index in [0.717, 1.165) is 43.9 Å². The maximum Gasteiger partial charge on any atom is 0.253 e. The number of sulfonamides is 1. The molecule has 1 aromatic heterocycles. The van der Waals surface area contributed by atoms with Gasteiger partial charge in [0.05, 0.1) is 30.6 Å². The normalized spacial score (nSPS) is 21.1. The number of nitrogens with zero attached hydrogens (tertiary/aromatic N) is 1. The monoisotopic (exact) mass is 459 g/mol. The van der Waals surface area contributed by atoms with Crippen LogP contribution >= 0.6 is 0 Å². The first-order valence-corrected chi connectivity index (χ1v) is 12.9. The summed E-state index contributed by atoms with van der Waals surface area (Å²) < 4.78 is 31.3. The van der Waals surface area contributed by atoms with Gasteiger partial charge in [-0.05, 0) is 55.4 Å². The number of hydrogen-bond donors (Lipinski definition) is 3. The van der Waals surface area contributed by atoms with E-state index >= 15 is 0 Å². The fourth-order valence-electron chi connectivity index (χ4n) is 3.84. The highest BCUT2D eigenvalue weighted by Gasteiger charge is 2.26. The van der Waals surface area contributed by atoms with E-state index in [-0.39, 0.29) is 11.9 Å². The number of anilines is 1. The third-order valence-corrected chi connectivity index (χ3v) is 6.42. The lowest BCUT2D eigenvalue weighted by Gasteiger charge is -2.28. The predicted molar refractivity (Wildman–Crippen MR) is 122 cm³/mol. The number of ether oxygens (including phenoxy) is 1. The van der Waals surface area contributed by atoms with Gasteiger partial charge in [0.2, 0.25) is 15.9 Å². The number of carbonyl (C=O) groups is 1. The molecule has 2 aliphatic carbocycles. The van der Waals surface area contributed by atoms with Gasteiger partial charge >= 0.3 is 0 Å². The lowest BCUT2D eigenvalue weighted by atomic mass is 9.92. The standard InChI is InChI=1S/C23H29N3O5S/c1-32(29,30)26-18-10-8-16(9-11-18)19-12-17(13-24-23(19)31-14-15-6-7-15)22(28)25-20-4-2-3-5-21(20)27/h8-13,15,20-21,26-27H,2-7,14H2,1H3,(H,25,28)/t20-,21-/m1/s1. The molecule has 2 fully saturated rings. The Kier molecular flexibility index (Phi) is 6.66. The van der Waals surface area contributed by atoms with Crippen LogP contribution in [0.25, 0.3) is 11.1 Å². The van der Waals surface area contributed by atoms with Crippen LogP contribution in [0.15, 0.2) is 36.5 Å². The molecule has 1 amide bonds. The zero-order valence-electron chi connectivity index (χ0n) is 18.1. The fourth-order valence-corrected chi connectivity index (χ4v) is 4.41. The molecule has 0 bridgehead atoms. The maximum atomic E-state index is 12.9. The van der Waals surface area contributed by atoms with E-state index in [2.05, 4.69) is 15.0 Å². The van der Waals surface area contributed by atoms with Crippen molar-refractivity contribution >= 4 is 21.6 Å². The molecule has 2 aromatic rings. The molecule has 0 spiro atoms. The number of carbonyl (C=O) groups excluding carboxylic acids is 1. The summed E-state index contributed by atoms with van der Waals surface area (Å²) in [6.45, 7) is 0.577. The van der Waals surface area contributed by atoms with Gasteiger partial charge in [0.15, 0.2) is 0 Å². The summed E-state index contributed by atoms with van der Waals surface area (Å²) in [4.78, 5) is 17.3. The molecule has 2 atom stereocenters. The number of nitrogens with one attached hydrogen (secondary N) is 2. The van der Waals surface area contributed by atoms with Gasteiger partial charge in [0, 0.05) is 17.4 Å². The smallest absolute Gasteiger partial charge is 0.253 e. The van der Waals surface area contributed by atoms with Crippen molar-refractivity contribution in [1.82, 2.24) is 10.3 Å². The minimum Gasteiger partial charge on any atom is -0.477 e. The molecule has 0 aliphatic heterocycles. The molecular formula is C23H29N3O5S. The summed E-state index contributed by atoms with van der Waals surface area (Å²) in [6.07, 6.45) is 7.74. The Balaban J connectivity index is 1.58. The van der Waals surface area contributed by atoms with Crippen LogP contribution in [-0.4, -0.2) is 49.4 Å². The van der Waals surface area contributed by atoms with E-state index in [1.54, 1.807) is 30.3 Å². The molecule has 0 unspecified atom stereocenters.